The van der Waals surface area contributed by atoms with Gasteiger partial charge in [-0.1, -0.05) is 53.9 Å². The van der Waals surface area contributed by atoms with Crippen molar-refractivity contribution in [2.24, 2.45) is 52.3 Å². The Hall–Kier alpha value is -1.12. The summed E-state index contributed by atoms with van der Waals surface area (Å²) in [5.41, 5.74) is 9.60. The van der Waals surface area contributed by atoms with E-state index in [1.165, 1.54) is 75.5 Å². The lowest BCUT2D eigenvalue weighted by atomic mass is 9.44. The van der Waals surface area contributed by atoms with Crippen LogP contribution in [0.25, 0.3) is 0 Å². The molecule has 1 heterocycles. The van der Waals surface area contributed by atoms with E-state index >= 15 is 0 Å². The minimum absolute atomic E-state index is 0.402. The minimum atomic E-state index is 0.402. The zero-order chi connectivity index (χ0) is 22.7. The molecule has 3 saturated carbocycles. The number of hydrogen-bond donors (Lipinski definition) is 1. The molecule has 3 heteroatoms. The van der Waals surface area contributed by atoms with Crippen LogP contribution in [0.2, 0.25) is 0 Å². The van der Waals surface area contributed by atoms with E-state index in [1.807, 2.05) is 6.20 Å². The standard InChI is InChI=1S/C29H47N3/c1-18(2)7-6-8-19(3)23-11-12-24-22-10-9-21-15-20-17-31-27(30)32-26(20)16-29(21,5)25(22)13-14-28(23,24)4/h17-19,21-25H,6-16H2,1-5H3,(H2,30,31,32)/t19-,21+,22+,23-,24+,25+,28-,29+/m1/s1. The molecule has 3 fully saturated rings. The fourth-order valence-electron chi connectivity index (χ4n) is 9.58. The number of rotatable bonds is 5. The van der Waals surface area contributed by atoms with E-state index in [0.717, 1.165) is 47.8 Å². The van der Waals surface area contributed by atoms with Crippen molar-refractivity contribution in [3.8, 4) is 0 Å². The molecule has 5 rings (SSSR count). The summed E-state index contributed by atoms with van der Waals surface area (Å²) in [5, 5.41) is 0. The second-order valence-electron chi connectivity index (χ2n) is 13.3. The Morgan fingerprint density at radius 2 is 1.78 bits per heavy atom. The molecule has 0 radical (unpaired) electrons. The average molecular weight is 438 g/mol. The van der Waals surface area contributed by atoms with E-state index in [2.05, 4.69) is 39.6 Å². The van der Waals surface area contributed by atoms with Crippen LogP contribution < -0.4 is 5.73 Å². The van der Waals surface area contributed by atoms with Crippen molar-refractivity contribution in [2.45, 2.75) is 105 Å². The lowest BCUT2D eigenvalue weighted by Crippen LogP contribution is -2.54. The van der Waals surface area contributed by atoms with Gasteiger partial charge in [0.2, 0.25) is 5.95 Å². The van der Waals surface area contributed by atoms with Crippen molar-refractivity contribution in [1.82, 2.24) is 9.97 Å². The summed E-state index contributed by atoms with van der Waals surface area (Å²) in [7, 11) is 0. The molecule has 4 aliphatic carbocycles. The highest BCUT2D eigenvalue weighted by molar-refractivity contribution is 5.30. The molecule has 1 aromatic heterocycles. The first-order valence-electron chi connectivity index (χ1n) is 13.8. The van der Waals surface area contributed by atoms with Crippen LogP contribution >= 0.6 is 0 Å². The Balaban J connectivity index is 1.34. The Bertz CT molecular complexity index is 834. The normalized spacial score (nSPS) is 41.5. The SMILES string of the molecule is CC(C)CCC[C@@H](C)[C@H]1CC[C@H]2[C@@H]3CC[C@H]4Cc5cnc(N)nc5C[C@]4(C)[C@H]3CC[C@]12C. The predicted molar refractivity (Wildman–Crippen MR) is 133 cm³/mol. The molecule has 0 bridgehead atoms. The maximum Gasteiger partial charge on any atom is 0.220 e. The Kier molecular flexibility index (Phi) is 5.86. The van der Waals surface area contributed by atoms with Gasteiger partial charge in [0.15, 0.2) is 0 Å². The molecule has 8 atom stereocenters. The second kappa shape index (κ2) is 8.27. The Labute approximate surface area is 196 Å². The molecule has 3 nitrogen and oxygen atoms in total. The zero-order valence-corrected chi connectivity index (χ0v) is 21.4. The molecule has 2 N–H and O–H groups in total. The monoisotopic (exact) mass is 437 g/mol. The summed E-state index contributed by atoms with van der Waals surface area (Å²) in [6, 6.07) is 0. The third-order valence-electron chi connectivity index (χ3n) is 11.3. The van der Waals surface area contributed by atoms with E-state index < -0.39 is 0 Å². The summed E-state index contributed by atoms with van der Waals surface area (Å²) >= 11 is 0. The first-order chi connectivity index (χ1) is 15.2. The van der Waals surface area contributed by atoms with Crippen LogP contribution in [0.1, 0.15) is 104 Å². The third-order valence-corrected chi connectivity index (χ3v) is 11.3. The molecule has 1 aromatic rings. The summed E-state index contributed by atoms with van der Waals surface area (Å²) in [6.45, 7) is 12.7. The van der Waals surface area contributed by atoms with Crippen LogP contribution in [0.15, 0.2) is 6.20 Å². The number of aromatic nitrogens is 2. The summed E-state index contributed by atoms with van der Waals surface area (Å²) in [6.07, 6.45) is 17.3. The topological polar surface area (TPSA) is 51.8 Å². The largest absolute Gasteiger partial charge is 0.368 e. The first kappa shape index (κ1) is 22.7. The van der Waals surface area contributed by atoms with Crippen molar-refractivity contribution in [2.75, 3.05) is 5.73 Å². The first-order valence-corrected chi connectivity index (χ1v) is 13.8. The third kappa shape index (κ3) is 3.61. The fourth-order valence-corrected chi connectivity index (χ4v) is 9.58. The van der Waals surface area contributed by atoms with Gasteiger partial charge < -0.3 is 5.73 Å². The molecule has 0 aromatic carbocycles. The summed E-state index contributed by atoms with van der Waals surface area (Å²) < 4.78 is 0. The molecule has 0 aliphatic heterocycles. The number of nitrogen functional groups attached to an aromatic ring is 1. The molecule has 32 heavy (non-hydrogen) atoms. The van der Waals surface area contributed by atoms with Crippen molar-refractivity contribution in [3.05, 3.63) is 17.5 Å². The quantitative estimate of drug-likeness (QED) is 0.534. The van der Waals surface area contributed by atoms with Gasteiger partial charge in [-0.2, -0.15) is 0 Å². The molecule has 0 saturated heterocycles. The molecule has 178 valence electrons. The smallest absolute Gasteiger partial charge is 0.220 e. The molecule has 0 amide bonds. The van der Waals surface area contributed by atoms with Crippen molar-refractivity contribution < 1.29 is 0 Å². The number of nitrogens with zero attached hydrogens (tertiary/aromatic N) is 2. The predicted octanol–water partition coefficient (Wildman–Crippen LogP) is 7.09. The van der Waals surface area contributed by atoms with E-state index in [0.29, 0.717) is 16.8 Å². The molecule has 0 spiro atoms. The lowest BCUT2D eigenvalue weighted by molar-refractivity contribution is -0.104. The maximum absolute atomic E-state index is 5.98. The van der Waals surface area contributed by atoms with Gasteiger partial charge in [-0.15, -0.1) is 0 Å². The zero-order valence-electron chi connectivity index (χ0n) is 21.4. The van der Waals surface area contributed by atoms with Crippen LogP contribution in [-0.4, -0.2) is 9.97 Å². The number of fused-ring (bicyclic) bond motifs is 6. The van der Waals surface area contributed by atoms with Gasteiger partial charge in [0.25, 0.3) is 0 Å². The summed E-state index contributed by atoms with van der Waals surface area (Å²) in [5.74, 6) is 6.72. The van der Waals surface area contributed by atoms with Crippen molar-refractivity contribution >= 4 is 5.95 Å². The minimum Gasteiger partial charge on any atom is -0.368 e. The van der Waals surface area contributed by atoms with Gasteiger partial charge in [0, 0.05) is 11.9 Å². The molecule has 4 aliphatic rings. The average Bonchev–Trinajstić information content (AvgIpc) is 3.09. The number of nitrogens with two attached hydrogens (primary N) is 1. The van der Waals surface area contributed by atoms with E-state index in [9.17, 15) is 0 Å². The van der Waals surface area contributed by atoms with E-state index in [-0.39, 0.29) is 0 Å². The Morgan fingerprint density at radius 3 is 2.56 bits per heavy atom. The highest BCUT2D eigenvalue weighted by Crippen LogP contribution is 2.67. The summed E-state index contributed by atoms with van der Waals surface area (Å²) in [4.78, 5) is 9.02. The fraction of sp³-hybridized carbons (Fsp3) is 0.862. The lowest BCUT2D eigenvalue weighted by Gasteiger charge is -2.60. The van der Waals surface area contributed by atoms with Gasteiger partial charge in [0.1, 0.15) is 0 Å². The highest BCUT2D eigenvalue weighted by Gasteiger charge is 2.60. The molecule has 0 unspecified atom stereocenters. The van der Waals surface area contributed by atoms with Crippen LogP contribution in [0.5, 0.6) is 0 Å². The van der Waals surface area contributed by atoms with Crippen molar-refractivity contribution in [3.63, 3.8) is 0 Å². The van der Waals surface area contributed by atoms with E-state index in [4.69, 9.17) is 10.7 Å². The van der Waals surface area contributed by atoms with Crippen molar-refractivity contribution in [1.29, 1.82) is 0 Å². The molecular formula is C29H47N3. The maximum atomic E-state index is 5.98. The second-order valence-corrected chi connectivity index (χ2v) is 13.3. The number of hydrogen-bond acceptors (Lipinski definition) is 3. The number of anilines is 1. The van der Waals surface area contributed by atoms with Gasteiger partial charge in [-0.05, 0) is 109 Å². The van der Waals surface area contributed by atoms with Crippen LogP contribution in [-0.2, 0) is 12.8 Å². The highest BCUT2D eigenvalue weighted by atomic mass is 15.0. The van der Waals surface area contributed by atoms with Gasteiger partial charge >= 0.3 is 0 Å². The molecular weight excluding hydrogens is 390 g/mol. The Morgan fingerprint density at radius 1 is 1.00 bits per heavy atom. The van der Waals surface area contributed by atoms with Crippen LogP contribution in [0.3, 0.4) is 0 Å². The van der Waals surface area contributed by atoms with Gasteiger partial charge in [0.05, 0.1) is 0 Å². The van der Waals surface area contributed by atoms with Crippen LogP contribution in [0.4, 0.5) is 5.95 Å². The van der Waals surface area contributed by atoms with E-state index in [1.54, 1.807) is 0 Å². The van der Waals surface area contributed by atoms with Gasteiger partial charge in [-0.3, -0.25) is 0 Å². The van der Waals surface area contributed by atoms with Crippen LogP contribution in [0, 0.1) is 52.3 Å². The van der Waals surface area contributed by atoms with Gasteiger partial charge in [-0.25, -0.2) is 9.97 Å².